The summed E-state index contributed by atoms with van der Waals surface area (Å²) in [4.78, 5) is 37.4. The fourth-order valence-electron chi connectivity index (χ4n) is 2.94. The van der Waals surface area contributed by atoms with Gasteiger partial charge in [0.1, 0.15) is 12.1 Å². The first-order chi connectivity index (χ1) is 10.0. The summed E-state index contributed by atoms with van der Waals surface area (Å²) in [5, 5.41) is 8.80. The van der Waals surface area contributed by atoms with Crippen LogP contribution in [0, 0.1) is 0 Å². The quantitative estimate of drug-likeness (QED) is 0.635. The van der Waals surface area contributed by atoms with Crippen LogP contribution in [0.3, 0.4) is 0 Å². The predicted molar refractivity (Wildman–Crippen MR) is 84.8 cm³/mol. The Morgan fingerprint density at radius 2 is 2.05 bits per heavy atom. The Labute approximate surface area is 137 Å². The van der Waals surface area contributed by atoms with Gasteiger partial charge in [-0.3, -0.25) is 14.5 Å². The van der Waals surface area contributed by atoms with Crippen LogP contribution in [0.5, 0.6) is 0 Å². The number of piperidine rings is 1. The van der Waals surface area contributed by atoms with Crippen molar-refractivity contribution in [2.24, 2.45) is 0 Å². The van der Waals surface area contributed by atoms with Crippen LogP contribution in [-0.4, -0.2) is 54.0 Å². The lowest BCUT2D eigenvalue weighted by Crippen LogP contribution is -2.50. The van der Waals surface area contributed by atoms with Crippen LogP contribution in [0.1, 0.15) is 39.5 Å². The van der Waals surface area contributed by atoms with Gasteiger partial charge < -0.3 is 16.0 Å². The molecule has 2 aliphatic heterocycles. The number of carbonyl (C=O) groups is 3. The maximum absolute atomic E-state index is 12.4. The summed E-state index contributed by atoms with van der Waals surface area (Å²) < 4.78 is 0. The smallest absolute Gasteiger partial charge is 0.325 e. The van der Waals surface area contributed by atoms with Gasteiger partial charge in [-0.1, -0.05) is 13.8 Å². The van der Waals surface area contributed by atoms with Crippen LogP contribution in [0.4, 0.5) is 4.79 Å². The zero-order chi connectivity index (χ0) is 15.5. The molecule has 1 atom stereocenters. The molecule has 0 aromatic carbocycles. The predicted octanol–water partition coefficient (Wildman–Crippen LogP) is 0.387. The second-order valence-electron chi connectivity index (χ2n) is 5.72. The standard InChI is InChI=1S/C14H24N4O3.ClH/c1-3-14(4-2)12(20)18(13(21)17-14)9-11(19)16-10-6-5-7-15-8-10;/h10,15H,3-9H2,1-2H3,(H,16,19)(H,17,21);1H. The lowest BCUT2D eigenvalue weighted by Gasteiger charge is -2.25. The monoisotopic (exact) mass is 332 g/mol. The molecule has 126 valence electrons. The summed E-state index contributed by atoms with van der Waals surface area (Å²) in [5.41, 5.74) is -0.843. The Hall–Kier alpha value is -1.34. The molecule has 0 radical (unpaired) electrons. The van der Waals surface area contributed by atoms with Gasteiger partial charge in [0, 0.05) is 12.6 Å². The molecule has 22 heavy (non-hydrogen) atoms. The molecule has 2 fully saturated rings. The number of nitrogens with one attached hydrogen (secondary N) is 3. The van der Waals surface area contributed by atoms with E-state index in [0.717, 1.165) is 30.8 Å². The molecule has 4 amide bonds. The van der Waals surface area contributed by atoms with E-state index in [1.807, 2.05) is 13.8 Å². The van der Waals surface area contributed by atoms with Gasteiger partial charge in [-0.15, -0.1) is 12.4 Å². The Morgan fingerprint density at radius 3 is 2.55 bits per heavy atom. The van der Waals surface area contributed by atoms with Crippen LogP contribution < -0.4 is 16.0 Å². The normalized spacial score (nSPS) is 23.7. The second-order valence-corrected chi connectivity index (χ2v) is 5.72. The van der Waals surface area contributed by atoms with Crippen molar-refractivity contribution in [3.05, 3.63) is 0 Å². The van der Waals surface area contributed by atoms with Crippen LogP contribution in [0.25, 0.3) is 0 Å². The number of imide groups is 1. The molecule has 1 unspecified atom stereocenters. The third-order valence-electron chi connectivity index (χ3n) is 4.42. The van der Waals surface area contributed by atoms with Gasteiger partial charge in [-0.25, -0.2) is 4.79 Å². The lowest BCUT2D eigenvalue weighted by atomic mass is 9.93. The fourth-order valence-corrected chi connectivity index (χ4v) is 2.94. The van der Waals surface area contributed by atoms with Crippen molar-refractivity contribution in [2.45, 2.75) is 51.1 Å². The largest absolute Gasteiger partial charge is 0.351 e. The summed E-state index contributed by atoms with van der Waals surface area (Å²) in [5.74, 6) is -0.579. The van der Waals surface area contributed by atoms with E-state index in [1.54, 1.807) is 0 Å². The molecule has 0 aromatic rings. The Balaban J connectivity index is 0.00000242. The zero-order valence-corrected chi connectivity index (χ0v) is 13.9. The molecule has 0 spiro atoms. The number of halogens is 1. The molecule has 2 heterocycles. The average molecular weight is 333 g/mol. The Bertz CT molecular complexity index is 434. The highest BCUT2D eigenvalue weighted by Crippen LogP contribution is 2.24. The van der Waals surface area contributed by atoms with Crippen molar-refractivity contribution in [3.8, 4) is 0 Å². The molecule has 2 aliphatic rings. The van der Waals surface area contributed by atoms with E-state index in [-0.39, 0.29) is 36.8 Å². The molecule has 0 bridgehead atoms. The molecular formula is C14H25ClN4O3. The first-order valence-electron chi connectivity index (χ1n) is 7.66. The van der Waals surface area contributed by atoms with Crippen molar-refractivity contribution in [2.75, 3.05) is 19.6 Å². The van der Waals surface area contributed by atoms with Crippen LogP contribution in [0.15, 0.2) is 0 Å². The van der Waals surface area contributed by atoms with Crippen molar-refractivity contribution >= 4 is 30.3 Å². The number of nitrogens with zero attached hydrogens (tertiary/aromatic N) is 1. The Morgan fingerprint density at radius 1 is 1.36 bits per heavy atom. The van der Waals surface area contributed by atoms with Gasteiger partial charge in [0.05, 0.1) is 0 Å². The molecule has 8 heteroatoms. The van der Waals surface area contributed by atoms with Crippen LogP contribution >= 0.6 is 12.4 Å². The minimum Gasteiger partial charge on any atom is -0.351 e. The highest BCUT2D eigenvalue weighted by atomic mass is 35.5. The minimum atomic E-state index is -0.843. The van der Waals surface area contributed by atoms with Gasteiger partial charge >= 0.3 is 6.03 Å². The molecule has 0 aliphatic carbocycles. The minimum absolute atomic E-state index is 0. The summed E-state index contributed by atoms with van der Waals surface area (Å²) in [6, 6.07) is -0.394. The van der Waals surface area contributed by atoms with Crippen molar-refractivity contribution in [1.29, 1.82) is 0 Å². The second kappa shape index (κ2) is 7.78. The van der Waals surface area contributed by atoms with Crippen molar-refractivity contribution in [1.82, 2.24) is 20.9 Å². The molecule has 2 saturated heterocycles. The van der Waals surface area contributed by atoms with Gasteiger partial charge in [0.25, 0.3) is 5.91 Å². The van der Waals surface area contributed by atoms with E-state index in [0.29, 0.717) is 12.8 Å². The van der Waals surface area contributed by atoms with Crippen LogP contribution in [0.2, 0.25) is 0 Å². The van der Waals surface area contributed by atoms with Gasteiger partial charge in [-0.05, 0) is 32.2 Å². The summed E-state index contributed by atoms with van der Waals surface area (Å²) >= 11 is 0. The third-order valence-corrected chi connectivity index (χ3v) is 4.42. The number of amides is 4. The first kappa shape index (κ1) is 18.7. The van der Waals surface area contributed by atoms with E-state index >= 15 is 0 Å². The summed E-state index contributed by atoms with van der Waals surface area (Å²) in [7, 11) is 0. The number of hydrogen-bond donors (Lipinski definition) is 3. The topological polar surface area (TPSA) is 90.5 Å². The molecule has 2 rings (SSSR count). The van der Waals surface area contributed by atoms with Crippen molar-refractivity contribution < 1.29 is 14.4 Å². The highest BCUT2D eigenvalue weighted by molar-refractivity contribution is 6.08. The number of urea groups is 1. The SMILES string of the molecule is CCC1(CC)NC(=O)N(CC(=O)NC2CCCNC2)C1=O.Cl. The Kier molecular flexibility index (Phi) is 6.62. The van der Waals surface area contributed by atoms with Crippen molar-refractivity contribution in [3.63, 3.8) is 0 Å². The van der Waals surface area contributed by atoms with E-state index in [9.17, 15) is 14.4 Å². The number of hydrogen-bond acceptors (Lipinski definition) is 4. The van der Waals surface area contributed by atoms with Gasteiger partial charge in [0.2, 0.25) is 5.91 Å². The molecule has 0 aromatic heterocycles. The maximum atomic E-state index is 12.4. The van der Waals surface area contributed by atoms with Gasteiger partial charge in [-0.2, -0.15) is 0 Å². The van der Waals surface area contributed by atoms with Gasteiger partial charge in [0.15, 0.2) is 0 Å². The third kappa shape index (κ3) is 3.70. The summed E-state index contributed by atoms with van der Waals surface area (Å²) in [6.45, 7) is 5.22. The molecular weight excluding hydrogens is 308 g/mol. The van der Waals surface area contributed by atoms with E-state index < -0.39 is 11.6 Å². The van der Waals surface area contributed by atoms with Crippen LogP contribution in [-0.2, 0) is 9.59 Å². The highest BCUT2D eigenvalue weighted by Gasteiger charge is 2.49. The zero-order valence-electron chi connectivity index (χ0n) is 13.1. The van der Waals surface area contributed by atoms with E-state index in [2.05, 4.69) is 16.0 Å². The molecule has 3 N–H and O–H groups in total. The summed E-state index contributed by atoms with van der Waals surface area (Å²) in [6.07, 6.45) is 2.99. The van der Waals surface area contributed by atoms with E-state index in [4.69, 9.17) is 0 Å². The lowest BCUT2D eigenvalue weighted by molar-refractivity contribution is -0.135. The number of rotatable bonds is 5. The molecule has 0 saturated carbocycles. The maximum Gasteiger partial charge on any atom is 0.325 e. The average Bonchev–Trinajstić information content (AvgIpc) is 2.73. The molecule has 7 nitrogen and oxygen atoms in total. The number of carbonyl (C=O) groups excluding carboxylic acids is 3. The first-order valence-corrected chi connectivity index (χ1v) is 7.66. The van der Waals surface area contributed by atoms with E-state index in [1.165, 1.54) is 0 Å². The fraction of sp³-hybridized carbons (Fsp3) is 0.786.